The Balaban J connectivity index is 1.17. The van der Waals surface area contributed by atoms with E-state index < -0.39 is 35.8 Å². The van der Waals surface area contributed by atoms with Crippen molar-refractivity contribution in [3.8, 4) is 23.6 Å². The summed E-state index contributed by atoms with van der Waals surface area (Å²) in [5.74, 6) is -4.40. The number of carbonyl (C=O) groups excluding carboxylic acids is 6. The number of fused-ring (bicyclic) bond motifs is 2. The summed E-state index contributed by atoms with van der Waals surface area (Å²) in [6, 6.07) is 15.6. The number of carbonyl (C=O) groups is 6. The van der Waals surface area contributed by atoms with Crippen LogP contribution in [0.15, 0.2) is 60.2 Å². The Labute approximate surface area is 258 Å². The maximum absolute atomic E-state index is 12.5. The molecule has 0 spiro atoms. The van der Waals surface area contributed by atoms with Crippen molar-refractivity contribution < 1.29 is 57.2 Å². The van der Waals surface area contributed by atoms with Gasteiger partial charge in [0.05, 0.1) is 33.4 Å². The second-order valence-electron chi connectivity index (χ2n) is 9.32. The van der Waals surface area contributed by atoms with Gasteiger partial charge in [-0.05, 0) is 54.6 Å². The third-order valence-corrected chi connectivity index (χ3v) is 6.45. The lowest BCUT2D eigenvalue weighted by molar-refractivity contribution is 0.0425. The number of cyclic esters (lactones) is 4. The Morgan fingerprint density at radius 2 is 1.13 bits per heavy atom. The van der Waals surface area contributed by atoms with Gasteiger partial charge in [-0.2, -0.15) is 10.5 Å². The minimum absolute atomic E-state index is 0.0200. The molecule has 14 heteroatoms. The van der Waals surface area contributed by atoms with E-state index in [-0.39, 0.29) is 76.9 Å². The largest absolute Gasteiger partial charge is 0.490 e. The monoisotopic (exact) mass is 622 g/mol. The van der Waals surface area contributed by atoms with Gasteiger partial charge in [0, 0.05) is 11.6 Å². The van der Waals surface area contributed by atoms with E-state index in [9.17, 15) is 28.8 Å². The molecule has 0 radical (unpaired) electrons. The Bertz CT molecular complexity index is 1930. The second-order valence-corrected chi connectivity index (χ2v) is 9.32. The Morgan fingerprint density at radius 3 is 1.65 bits per heavy atom. The average Bonchev–Trinajstić information content (AvgIpc) is 3.52. The quantitative estimate of drug-likeness (QED) is 0.0990. The number of hydrogen-bond acceptors (Lipinski definition) is 14. The predicted octanol–water partition coefficient (Wildman–Crippen LogP) is 3.21. The standard InChI is InChI=1S/C32H18N2O12/c33-15-17(16-34)11-18-1-4-21(41-7-9-43-27(35)19-2-5-22-24(12-19)31(39)45-29(22)37)14-26(18)42-8-10-44-28(36)20-3-6-23-25(13-20)32(40)46-30(23)38/h1-6,11-14H,7-10H2. The molecule has 3 aromatic rings. The third-order valence-electron chi connectivity index (χ3n) is 6.45. The molecule has 0 atom stereocenters. The van der Waals surface area contributed by atoms with E-state index >= 15 is 0 Å². The highest BCUT2D eigenvalue weighted by Gasteiger charge is 2.31. The fraction of sp³-hybridized carbons (Fsp3) is 0.125. The average molecular weight is 622 g/mol. The molecule has 0 fully saturated rings. The number of rotatable bonds is 11. The molecule has 0 saturated heterocycles. The zero-order valence-corrected chi connectivity index (χ0v) is 23.4. The van der Waals surface area contributed by atoms with Crippen LogP contribution < -0.4 is 9.47 Å². The topological polar surface area (TPSA) is 205 Å². The first-order chi connectivity index (χ1) is 22.2. The lowest BCUT2D eigenvalue weighted by Gasteiger charge is -2.13. The fourth-order valence-corrected chi connectivity index (χ4v) is 4.26. The van der Waals surface area contributed by atoms with E-state index in [2.05, 4.69) is 9.47 Å². The van der Waals surface area contributed by atoms with Crippen LogP contribution in [0, 0.1) is 22.7 Å². The molecule has 0 saturated carbocycles. The normalized spacial score (nSPS) is 12.5. The van der Waals surface area contributed by atoms with Gasteiger partial charge in [0.25, 0.3) is 0 Å². The summed E-state index contributed by atoms with van der Waals surface area (Å²) >= 11 is 0. The number of nitriles is 2. The molecule has 2 aliphatic rings. The molecular formula is C32H18N2O12. The van der Waals surface area contributed by atoms with Crippen molar-refractivity contribution in [3.05, 3.63) is 99.1 Å². The zero-order chi connectivity index (χ0) is 32.8. The van der Waals surface area contributed by atoms with Crippen LogP contribution in [-0.2, 0) is 18.9 Å². The van der Waals surface area contributed by atoms with Gasteiger partial charge >= 0.3 is 35.8 Å². The van der Waals surface area contributed by atoms with Crippen LogP contribution in [0.5, 0.6) is 11.5 Å². The molecule has 46 heavy (non-hydrogen) atoms. The summed E-state index contributed by atoms with van der Waals surface area (Å²) in [5.41, 5.74) is 0.234. The van der Waals surface area contributed by atoms with Crippen molar-refractivity contribution in [3.63, 3.8) is 0 Å². The van der Waals surface area contributed by atoms with E-state index in [1.807, 2.05) is 0 Å². The SMILES string of the molecule is N#CC(C#N)=Cc1ccc(OCCOC(=O)c2ccc3c(c2)C(=O)OC3=O)cc1OCCOC(=O)c1ccc2c(c1)C(=O)OC2=O. The second kappa shape index (κ2) is 13.2. The summed E-state index contributed by atoms with van der Waals surface area (Å²) < 4.78 is 30.7. The van der Waals surface area contributed by atoms with Gasteiger partial charge in [-0.3, -0.25) is 0 Å². The van der Waals surface area contributed by atoms with Crippen molar-refractivity contribution in [1.82, 2.24) is 0 Å². The number of esters is 6. The molecule has 228 valence electrons. The molecule has 5 rings (SSSR count). The van der Waals surface area contributed by atoms with Crippen molar-refractivity contribution in [2.24, 2.45) is 0 Å². The van der Waals surface area contributed by atoms with E-state index in [1.165, 1.54) is 60.7 Å². The summed E-state index contributed by atoms with van der Waals surface area (Å²) in [5, 5.41) is 18.3. The van der Waals surface area contributed by atoms with Crippen molar-refractivity contribution >= 4 is 41.9 Å². The van der Waals surface area contributed by atoms with Crippen molar-refractivity contribution in [2.45, 2.75) is 0 Å². The van der Waals surface area contributed by atoms with E-state index in [0.29, 0.717) is 5.56 Å². The van der Waals surface area contributed by atoms with Crippen LogP contribution >= 0.6 is 0 Å². The summed E-state index contributed by atoms with van der Waals surface area (Å²) in [6.45, 7) is -0.672. The van der Waals surface area contributed by atoms with Crippen LogP contribution in [0.1, 0.15) is 67.7 Å². The molecule has 0 amide bonds. The first kappa shape index (κ1) is 30.7. The molecule has 14 nitrogen and oxygen atoms in total. The van der Waals surface area contributed by atoms with Gasteiger partial charge in [-0.1, -0.05) is 0 Å². The van der Waals surface area contributed by atoms with E-state index in [1.54, 1.807) is 12.1 Å². The molecule has 0 aromatic heterocycles. The van der Waals surface area contributed by atoms with E-state index in [4.69, 9.17) is 29.5 Å². The molecule has 2 heterocycles. The highest BCUT2D eigenvalue weighted by Crippen LogP contribution is 2.28. The van der Waals surface area contributed by atoms with Crippen LogP contribution in [0.3, 0.4) is 0 Å². The van der Waals surface area contributed by atoms with Crippen LogP contribution in [0.2, 0.25) is 0 Å². The number of nitrogens with zero attached hydrogens (tertiary/aromatic N) is 2. The van der Waals surface area contributed by atoms with Gasteiger partial charge in [-0.15, -0.1) is 0 Å². The Hall–Kier alpha value is -6.80. The molecular weight excluding hydrogens is 604 g/mol. The number of allylic oxidation sites excluding steroid dienone is 1. The van der Waals surface area contributed by atoms with Gasteiger partial charge < -0.3 is 28.4 Å². The molecule has 0 N–H and O–H groups in total. The first-order valence-electron chi connectivity index (χ1n) is 13.3. The molecule has 0 unspecified atom stereocenters. The van der Waals surface area contributed by atoms with Gasteiger partial charge in [0.15, 0.2) is 0 Å². The van der Waals surface area contributed by atoms with Crippen molar-refractivity contribution in [2.75, 3.05) is 26.4 Å². The van der Waals surface area contributed by atoms with Crippen LogP contribution in [0.25, 0.3) is 6.08 Å². The summed E-state index contributed by atoms with van der Waals surface area (Å²) in [6.07, 6.45) is 1.29. The molecule has 0 bridgehead atoms. The molecule has 2 aliphatic heterocycles. The zero-order valence-electron chi connectivity index (χ0n) is 23.4. The van der Waals surface area contributed by atoms with Crippen LogP contribution in [0.4, 0.5) is 0 Å². The van der Waals surface area contributed by atoms with Crippen molar-refractivity contribution in [1.29, 1.82) is 10.5 Å². The highest BCUT2D eigenvalue weighted by molar-refractivity contribution is 6.16. The smallest absolute Gasteiger partial charge is 0.346 e. The summed E-state index contributed by atoms with van der Waals surface area (Å²) in [4.78, 5) is 71.5. The minimum Gasteiger partial charge on any atom is -0.490 e. The van der Waals surface area contributed by atoms with Gasteiger partial charge in [0.1, 0.15) is 55.6 Å². The maximum atomic E-state index is 12.5. The predicted molar refractivity (Wildman–Crippen MR) is 150 cm³/mol. The van der Waals surface area contributed by atoms with Crippen LogP contribution in [-0.4, -0.2) is 62.2 Å². The summed E-state index contributed by atoms with van der Waals surface area (Å²) in [7, 11) is 0. The highest BCUT2D eigenvalue weighted by atomic mass is 16.6. The molecule has 3 aromatic carbocycles. The fourth-order valence-electron chi connectivity index (χ4n) is 4.26. The number of benzene rings is 3. The lowest BCUT2D eigenvalue weighted by Crippen LogP contribution is -2.14. The van der Waals surface area contributed by atoms with E-state index in [0.717, 1.165) is 0 Å². The minimum atomic E-state index is -0.862. The Morgan fingerprint density at radius 1 is 0.630 bits per heavy atom. The third kappa shape index (κ3) is 6.56. The lowest BCUT2D eigenvalue weighted by atomic mass is 10.1. The maximum Gasteiger partial charge on any atom is 0.346 e. The Kier molecular flexibility index (Phi) is 8.82. The first-order valence-corrected chi connectivity index (χ1v) is 13.3. The number of ether oxygens (including phenoxy) is 6. The van der Waals surface area contributed by atoms with Gasteiger partial charge in [0.2, 0.25) is 0 Å². The number of hydrogen-bond donors (Lipinski definition) is 0. The molecule has 0 aliphatic carbocycles. The van der Waals surface area contributed by atoms with Gasteiger partial charge in [-0.25, -0.2) is 28.8 Å².